The average Bonchev–Trinajstić information content (AvgIpc) is 2.84. The number of benzene rings is 1. The second-order valence-electron chi connectivity index (χ2n) is 4.21. The summed E-state index contributed by atoms with van der Waals surface area (Å²) in [6.07, 6.45) is 0. The third kappa shape index (κ3) is 4.55. The average molecular weight is 275 g/mol. The van der Waals surface area contributed by atoms with Gasteiger partial charge in [0, 0.05) is 5.56 Å². The molecule has 0 atom stereocenters. The van der Waals surface area contributed by atoms with E-state index < -0.39 is 5.97 Å². The van der Waals surface area contributed by atoms with Crippen LogP contribution in [0.3, 0.4) is 0 Å². The standard InChI is InChI=1S/C12H10O3.C4H11N/c1-8-10(12(13)14)7-11(15-8)9-5-3-2-4-6-9;1-3-5-4-2/h2-7H,1H3,(H,13,14);5H,3-4H2,1-2H3. The van der Waals surface area contributed by atoms with Crippen molar-refractivity contribution in [2.45, 2.75) is 20.8 Å². The molecular formula is C16H21NO3. The SMILES string of the molecule is CCNCC.Cc1oc(-c2ccccc2)cc1C(=O)O. The van der Waals surface area contributed by atoms with E-state index in [1.165, 1.54) is 0 Å². The Morgan fingerprint density at radius 3 is 2.20 bits per heavy atom. The number of hydrogen-bond donors (Lipinski definition) is 2. The van der Waals surface area contributed by atoms with E-state index in [0.717, 1.165) is 18.7 Å². The molecule has 20 heavy (non-hydrogen) atoms. The Morgan fingerprint density at radius 1 is 1.20 bits per heavy atom. The summed E-state index contributed by atoms with van der Waals surface area (Å²) in [5, 5.41) is 12.0. The van der Waals surface area contributed by atoms with Gasteiger partial charge in [0.05, 0.1) is 0 Å². The number of carbonyl (C=O) groups is 1. The molecule has 0 aliphatic rings. The lowest BCUT2D eigenvalue weighted by molar-refractivity contribution is 0.0695. The molecule has 0 aliphatic carbocycles. The summed E-state index contributed by atoms with van der Waals surface area (Å²) in [6, 6.07) is 11.0. The number of hydrogen-bond acceptors (Lipinski definition) is 3. The lowest BCUT2D eigenvalue weighted by Gasteiger charge is -1.93. The fraction of sp³-hybridized carbons (Fsp3) is 0.312. The van der Waals surface area contributed by atoms with Crippen molar-refractivity contribution in [1.29, 1.82) is 0 Å². The molecule has 4 heteroatoms. The summed E-state index contributed by atoms with van der Waals surface area (Å²) in [7, 11) is 0. The van der Waals surface area contributed by atoms with Crippen molar-refractivity contribution >= 4 is 5.97 Å². The van der Waals surface area contributed by atoms with Crippen molar-refractivity contribution in [3.8, 4) is 11.3 Å². The molecule has 0 fully saturated rings. The molecule has 0 saturated heterocycles. The number of aryl methyl sites for hydroxylation is 1. The summed E-state index contributed by atoms with van der Waals surface area (Å²) in [5.41, 5.74) is 1.10. The maximum atomic E-state index is 10.8. The van der Waals surface area contributed by atoms with E-state index in [1.807, 2.05) is 30.3 Å². The van der Waals surface area contributed by atoms with Crippen LogP contribution in [0.1, 0.15) is 30.0 Å². The molecule has 0 radical (unpaired) electrons. The van der Waals surface area contributed by atoms with Crippen molar-refractivity contribution in [2.75, 3.05) is 13.1 Å². The molecule has 108 valence electrons. The largest absolute Gasteiger partial charge is 0.478 e. The van der Waals surface area contributed by atoms with E-state index in [1.54, 1.807) is 13.0 Å². The first kappa shape index (κ1) is 16.0. The number of nitrogens with one attached hydrogen (secondary N) is 1. The maximum absolute atomic E-state index is 10.8. The summed E-state index contributed by atoms with van der Waals surface area (Å²) < 4.78 is 5.38. The van der Waals surface area contributed by atoms with Gasteiger partial charge in [0.25, 0.3) is 0 Å². The maximum Gasteiger partial charge on any atom is 0.339 e. The van der Waals surface area contributed by atoms with Crippen LogP contribution < -0.4 is 5.32 Å². The minimum Gasteiger partial charge on any atom is -0.478 e. The van der Waals surface area contributed by atoms with Gasteiger partial charge in [-0.15, -0.1) is 0 Å². The number of furan rings is 1. The highest BCUT2D eigenvalue weighted by molar-refractivity contribution is 5.90. The molecule has 4 nitrogen and oxygen atoms in total. The molecule has 0 aliphatic heterocycles. The minimum atomic E-state index is -0.960. The van der Waals surface area contributed by atoms with Crippen LogP contribution in [-0.2, 0) is 0 Å². The molecule has 1 aromatic heterocycles. The van der Waals surface area contributed by atoms with E-state index >= 15 is 0 Å². The monoisotopic (exact) mass is 275 g/mol. The number of carboxylic acid groups (broad SMARTS) is 1. The zero-order valence-electron chi connectivity index (χ0n) is 12.1. The Balaban J connectivity index is 0.000000347. The highest BCUT2D eigenvalue weighted by Crippen LogP contribution is 2.24. The predicted octanol–water partition coefficient (Wildman–Crippen LogP) is 3.57. The van der Waals surface area contributed by atoms with E-state index in [-0.39, 0.29) is 5.56 Å². The van der Waals surface area contributed by atoms with Crippen LogP contribution in [-0.4, -0.2) is 24.2 Å². The van der Waals surface area contributed by atoms with Gasteiger partial charge in [-0.2, -0.15) is 0 Å². The normalized spacial score (nSPS) is 9.75. The summed E-state index contributed by atoms with van der Waals surface area (Å²) in [4.78, 5) is 10.8. The van der Waals surface area contributed by atoms with Crippen molar-refractivity contribution in [3.63, 3.8) is 0 Å². The van der Waals surface area contributed by atoms with Gasteiger partial charge in [-0.3, -0.25) is 0 Å². The molecule has 2 N–H and O–H groups in total. The van der Waals surface area contributed by atoms with E-state index in [2.05, 4.69) is 19.2 Å². The Kier molecular flexibility index (Phi) is 6.53. The van der Waals surface area contributed by atoms with Crippen LogP contribution in [0.4, 0.5) is 0 Å². The highest BCUT2D eigenvalue weighted by atomic mass is 16.4. The van der Waals surface area contributed by atoms with Crippen molar-refractivity contribution < 1.29 is 14.3 Å². The molecule has 2 aromatic rings. The summed E-state index contributed by atoms with van der Waals surface area (Å²) in [5.74, 6) is 0.0604. The number of rotatable bonds is 4. The first-order valence-corrected chi connectivity index (χ1v) is 6.70. The van der Waals surface area contributed by atoms with E-state index in [4.69, 9.17) is 9.52 Å². The van der Waals surface area contributed by atoms with Gasteiger partial charge in [-0.05, 0) is 26.1 Å². The van der Waals surface area contributed by atoms with Crippen molar-refractivity contribution in [3.05, 3.63) is 47.7 Å². The summed E-state index contributed by atoms with van der Waals surface area (Å²) >= 11 is 0. The lowest BCUT2D eigenvalue weighted by Crippen LogP contribution is -2.09. The minimum absolute atomic E-state index is 0.217. The highest BCUT2D eigenvalue weighted by Gasteiger charge is 2.14. The van der Waals surface area contributed by atoms with Crippen molar-refractivity contribution in [1.82, 2.24) is 5.32 Å². The Labute approximate surface area is 119 Å². The molecule has 1 aromatic carbocycles. The number of carboxylic acids is 1. The second-order valence-corrected chi connectivity index (χ2v) is 4.21. The first-order chi connectivity index (χ1) is 9.60. The van der Waals surface area contributed by atoms with Crippen LogP contribution in [0.5, 0.6) is 0 Å². The molecule has 0 spiro atoms. The zero-order valence-corrected chi connectivity index (χ0v) is 12.1. The first-order valence-electron chi connectivity index (χ1n) is 6.70. The van der Waals surface area contributed by atoms with Gasteiger partial charge < -0.3 is 14.8 Å². The number of aromatic carboxylic acids is 1. The molecular weight excluding hydrogens is 254 g/mol. The van der Waals surface area contributed by atoms with Crippen LogP contribution >= 0.6 is 0 Å². The van der Waals surface area contributed by atoms with Gasteiger partial charge in [0.2, 0.25) is 0 Å². The van der Waals surface area contributed by atoms with Crippen LogP contribution in [0, 0.1) is 6.92 Å². The fourth-order valence-electron chi connectivity index (χ4n) is 1.69. The van der Waals surface area contributed by atoms with E-state index in [9.17, 15) is 4.79 Å². The third-order valence-electron chi connectivity index (χ3n) is 2.71. The molecule has 0 amide bonds. The lowest BCUT2D eigenvalue weighted by atomic mass is 10.1. The Bertz CT molecular complexity index is 530. The van der Waals surface area contributed by atoms with Crippen LogP contribution in [0.25, 0.3) is 11.3 Å². The smallest absolute Gasteiger partial charge is 0.339 e. The van der Waals surface area contributed by atoms with Crippen LogP contribution in [0.2, 0.25) is 0 Å². The second kappa shape index (κ2) is 8.17. The molecule has 2 rings (SSSR count). The Morgan fingerprint density at radius 2 is 1.80 bits per heavy atom. The predicted molar refractivity (Wildman–Crippen MR) is 80.1 cm³/mol. The molecule has 1 heterocycles. The molecule has 0 unspecified atom stereocenters. The fourth-order valence-corrected chi connectivity index (χ4v) is 1.69. The Hall–Kier alpha value is -2.07. The van der Waals surface area contributed by atoms with Gasteiger partial charge >= 0.3 is 5.97 Å². The zero-order chi connectivity index (χ0) is 15.0. The van der Waals surface area contributed by atoms with Crippen molar-refractivity contribution in [2.24, 2.45) is 0 Å². The van der Waals surface area contributed by atoms with E-state index in [0.29, 0.717) is 11.5 Å². The van der Waals surface area contributed by atoms with Gasteiger partial charge in [0.15, 0.2) is 0 Å². The van der Waals surface area contributed by atoms with Gasteiger partial charge in [0.1, 0.15) is 17.1 Å². The molecule has 0 bridgehead atoms. The third-order valence-corrected chi connectivity index (χ3v) is 2.71. The summed E-state index contributed by atoms with van der Waals surface area (Å²) in [6.45, 7) is 8.04. The van der Waals surface area contributed by atoms with Gasteiger partial charge in [-0.25, -0.2) is 4.79 Å². The van der Waals surface area contributed by atoms with Crippen LogP contribution in [0.15, 0.2) is 40.8 Å². The molecule has 0 saturated carbocycles. The topological polar surface area (TPSA) is 62.5 Å². The van der Waals surface area contributed by atoms with Gasteiger partial charge in [-0.1, -0.05) is 44.2 Å². The quantitative estimate of drug-likeness (QED) is 0.895.